The molecule has 0 unspecified atom stereocenters. The van der Waals surface area contributed by atoms with Gasteiger partial charge in [-0.05, 0) is 49.2 Å². The van der Waals surface area contributed by atoms with Crippen LogP contribution < -0.4 is 4.74 Å². The van der Waals surface area contributed by atoms with Crippen LogP contribution in [0.1, 0.15) is 31.1 Å². The first-order valence-electron chi connectivity index (χ1n) is 6.96. The van der Waals surface area contributed by atoms with Crippen LogP contribution in [-0.2, 0) is 0 Å². The van der Waals surface area contributed by atoms with Gasteiger partial charge in [0.1, 0.15) is 23.7 Å². The summed E-state index contributed by atoms with van der Waals surface area (Å²) in [4.78, 5) is 0. The van der Waals surface area contributed by atoms with Gasteiger partial charge < -0.3 is 14.9 Å². The van der Waals surface area contributed by atoms with Crippen molar-refractivity contribution in [3.63, 3.8) is 0 Å². The first kappa shape index (κ1) is 15.1. The Hall–Kier alpha value is -2.26. The summed E-state index contributed by atoms with van der Waals surface area (Å²) in [5.74, 6) is 0.896. The van der Waals surface area contributed by atoms with Crippen LogP contribution in [0.4, 0.5) is 0 Å². The lowest BCUT2D eigenvalue weighted by Crippen LogP contribution is -2.21. The van der Waals surface area contributed by atoms with Crippen molar-refractivity contribution < 1.29 is 14.9 Å². The van der Waals surface area contributed by atoms with Gasteiger partial charge in [-0.15, -0.1) is 0 Å². The number of hydrogen-bond acceptors (Lipinski definition) is 3. The highest BCUT2D eigenvalue weighted by Gasteiger charge is 2.18. The van der Waals surface area contributed by atoms with Crippen LogP contribution in [0.2, 0.25) is 0 Å². The van der Waals surface area contributed by atoms with Crippen LogP contribution in [0.5, 0.6) is 11.5 Å². The van der Waals surface area contributed by atoms with Gasteiger partial charge in [-0.25, -0.2) is 0 Å². The van der Waals surface area contributed by atoms with Gasteiger partial charge >= 0.3 is 0 Å². The fraction of sp³-hybridized carbons (Fsp3) is 0.222. The van der Waals surface area contributed by atoms with Gasteiger partial charge in [-0.3, -0.25) is 0 Å². The summed E-state index contributed by atoms with van der Waals surface area (Å²) in [6.45, 7) is 3.79. The number of phenolic OH excluding ortho intramolecular Hbond substituents is 1. The first-order valence-corrected chi connectivity index (χ1v) is 6.96. The van der Waals surface area contributed by atoms with Crippen molar-refractivity contribution in [3.05, 3.63) is 65.7 Å². The molecule has 0 spiro atoms. The van der Waals surface area contributed by atoms with Crippen LogP contribution >= 0.6 is 0 Å². The van der Waals surface area contributed by atoms with E-state index in [1.54, 1.807) is 24.3 Å². The second-order valence-corrected chi connectivity index (χ2v) is 4.93. The monoisotopic (exact) mass is 284 g/mol. The number of benzene rings is 2. The average molecular weight is 284 g/mol. The number of hydrogen-bond donors (Lipinski definition) is 2. The van der Waals surface area contributed by atoms with E-state index in [1.807, 2.05) is 50.3 Å². The van der Waals surface area contributed by atoms with E-state index >= 15 is 0 Å². The smallest absolute Gasteiger partial charge is 0.126 e. The van der Waals surface area contributed by atoms with Gasteiger partial charge in [-0.1, -0.05) is 36.4 Å². The lowest BCUT2D eigenvalue weighted by Gasteiger charge is -2.21. The molecular formula is C18H20O3. The van der Waals surface area contributed by atoms with Gasteiger partial charge in [0.05, 0.1) is 0 Å². The molecule has 0 bridgehead atoms. The molecule has 2 N–H and O–H groups in total. The fourth-order valence-corrected chi connectivity index (χ4v) is 2.07. The predicted molar refractivity (Wildman–Crippen MR) is 84.3 cm³/mol. The summed E-state index contributed by atoms with van der Waals surface area (Å²) in [5, 5.41) is 19.5. The molecule has 110 valence electrons. The minimum Gasteiger partial charge on any atom is -0.508 e. The Morgan fingerprint density at radius 3 is 2.19 bits per heavy atom. The first-order chi connectivity index (χ1) is 10.1. The van der Waals surface area contributed by atoms with Crippen molar-refractivity contribution in [2.24, 2.45) is 0 Å². The molecule has 21 heavy (non-hydrogen) atoms. The van der Waals surface area contributed by atoms with Crippen LogP contribution in [-0.4, -0.2) is 16.3 Å². The molecule has 0 aromatic heterocycles. The fourth-order valence-electron chi connectivity index (χ4n) is 2.07. The molecule has 0 aliphatic heterocycles. The summed E-state index contributed by atoms with van der Waals surface area (Å²) >= 11 is 0. The number of aliphatic hydroxyl groups is 1. The molecule has 0 aliphatic rings. The maximum Gasteiger partial charge on any atom is 0.126 e. The molecule has 2 atom stereocenters. The predicted octanol–water partition coefficient (Wildman–Crippen LogP) is 3.93. The number of aromatic hydroxyl groups is 1. The Morgan fingerprint density at radius 1 is 1.00 bits per heavy atom. The zero-order valence-corrected chi connectivity index (χ0v) is 12.2. The highest BCUT2D eigenvalue weighted by molar-refractivity contribution is 5.50. The Labute approximate surface area is 125 Å². The number of ether oxygens (including phenoxy) is 1. The molecule has 0 heterocycles. The summed E-state index contributed by atoms with van der Waals surface area (Å²) < 4.78 is 5.76. The van der Waals surface area contributed by atoms with Crippen molar-refractivity contribution in [1.29, 1.82) is 0 Å². The third-order valence-corrected chi connectivity index (χ3v) is 3.24. The highest BCUT2D eigenvalue weighted by atomic mass is 16.5. The van der Waals surface area contributed by atoms with Gasteiger partial charge in [0, 0.05) is 0 Å². The molecule has 0 aliphatic carbocycles. The van der Waals surface area contributed by atoms with Crippen molar-refractivity contribution >= 4 is 6.08 Å². The quantitative estimate of drug-likeness (QED) is 0.874. The molecular weight excluding hydrogens is 264 g/mol. The number of aliphatic hydroxyl groups excluding tert-OH is 1. The number of rotatable bonds is 5. The van der Waals surface area contributed by atoms with Crippen LogP contribution in [0, 0.1) is 0 Å². The van der Waals surface area contributed by atoms with Crippen molar-refractivity contribution in [2.45, 2.75) is 26.1 Å². The van der Waals surface area contributed by atoms with E-state index in [-0.39, 0.29) is 11.9 Å². The summed E-state index contributed by atoms with van der Waals surface area (Å²) in [5.41, 5.74) is 1.82. The second-order valence-electron chi connectivity index (χ2n) is 4.93. The van der Waals surface area contributed by atoms with Crippen molar-refractivity contribution in [2.75, 3.05) is 0 Å². The summed E-state index contributed by atoms with van der Waals surface area (Å²) in [7, 11) is 0. The molecule has 3 nitrogen and oxygen atoms in total. The maximum absolute atomic E-state index is 10.3. The molecule has 0 radical (unpaired) electrons. The third kappa shape index (κ3) is 4.10. The molecule has 2 aromatic rings. The van der Waals surface area contributed by atoms with E-state index in [9.17, 15) is 10.2 Å². The van der Waals surface area contributed by atoms with E-state index in [1.165, 1.54) is 0 Å². The van der Waals surface area contributed by atoms with Gasteiger partial charge in [0.25, 0.3) is 0 Å². The normalized spacial score (nSPS) is 14.0. The van der Waals surface area contributed by atoms with E-state index in [0.29, 0.717) is 11.3 Å². The van der Waals surface area contributed by atoms with Gasteiger partial charge in [0.15, 0.2) is 0 Å². The summed E-state index contributed by atoms with van der Waals surface area (Å²) in [6.07, 6.45) is 2.86. The average Bonchev–Trinajstić information content (AvgIpc) is 2.49. The number of allylic oxidation sites excluding steroid dienone is 1. The van der Waals surface area contributed by atoms with Crippen LogP contribution in [0.25, 0.3) is 6.08 Å². The Balaban J connectivity index is 2.02. The highest BCUT2D eigenvalue weighted by Crippen LogP contribution is 2.23. The van der Waals surface area contributed by atoms with E-state index in [0.717, 1.165) is 5.56 Å². The van der Waals surface area contributed by atoms with E-state index in [4.69, 9.17) is 4.74 Å². The molecule has 0 fully saturated rings. The SMILES string of the molecule is CC=Cc1ccc(O[C@H](C)[C@@H](O)c2ccc(O)cc2)cc1. The molecule has 0 saturated heterocycles. The van der Waals surface area contributed by atoms with E-state index in [2.05, 4.69) is 0 Å². The number of phenols is 1. The summed E-state index contributed by atoms with van der Waals surface area (Å²) in [6, 6.07) is 14.2. The van der Waals surface area contributed by atoms with E-state index < -0.39 is 6.10 Å². The largest absolute Gasteiger partial charge is 0.508 e. The van der Waals surface area contributed by atoms with Crippen molar-refractivity contribution in [3.8, 4) is 11.5 Å². The molecule has 3 heteroatoms. The standard InChI is InChI=1S/C18H20O3/c1-3-4-14-5-11-17(12-6-14)21-13(2)18(20)15-7-9-16(19)10-8-15/h3-13,18-20H,1-2H3/t13-,18-/m1/s1. The Kier molecular flexibility index (Phi) is 5.01. The molecule has 2 rings (SSSR count). The molecule has 0 amide bonds. The van der Waals surface area contributed by atoms with Crippen LogP contribution in [0.3, 0.4) is 0 Å². The third-order valence-electron chi connectivity index (χ3n) is 3.24. The minimum atomic E-state index is -0.749. The van der Waals surface area contributed by atoms with Gasteiger partial charge in [0.2, 0.25) is 0 Å². The Morgan fingerprint density at radius 2 is 1.62 bits per heavy atom. The molecule has 2 aromatic carbocycles. The van der Waals surface area contributed by atoms with Crippen molar-refractivity contribution in [1.82, 2.24) is 0 Å². The Bertz CT molecular complexity index is 585. The maximum atomic E-state index is 10.3. The lowest BCUT2D eigenvalue weighted by molar-refractivity contribution is 0.0467. The minimum absolute atomic E-state index is 0.180. The zero-order valence-electron chi connectivity index (χ0n) is 12.2. The van der Waals surface area contributed by atoms with Crippen LogP contribution in [0.15, 0.2) is 54.6 Å². The lowest BCUT2D eigenvalue weighted by atomic mass is 10.1. The molecule has 0 saturated carbocycles. The zero-order chi connectivity index (χ0) is 15.2. The topological polar surface area (TPSA) is 49.7 Å². The second kappa shape index (κ2) is 6.95. The van der Waals surface area contributed by atoms with Gasteiger partial charge in [-0.2, -0.15) is 0 Å².